The molecule has 0 saturated heterocycles. The minimum atomic E-state index is -4.38. The maximum absolute atomic E-state index is 13.0. The second kappa shape index (κ2) is 4.22. The number of aromatic nitrogens is 1. The lowest BCUT2D eigenvalue weighted by atomic mass is 10.3. The van der Waals surface area contributed by atoms with Crippen LogP contribution in [0, 0.1) is 9.39 Å². The van der Waals surface area contributed by atoms with E-state index in [1.54, 1.807) is 0 Å². The molecule has 0 aliphatic heterocycles. The maximum atomic E-state index is 13.0. The van der Waals surface area contributed by atoms with Crippen molar-refractivity contribution in [3.63, 3.8) is 0 Å². The normalized spacial score (nSPS) is 12.1. The van der Waals surface area contributed by atoms with Crippen LogP contribution in [-0.2, 0) is 10.0 Å². The quantitative estimate of drug-likeness (QED) is 0.818. The first-order chi connectivity index (χ1) is 6.75. The van der Waals surface area contributed by atoms with Crippen LogP contribution in [0.4, 0.5) is 13.2 Å². The number of hydrogen-bond donors (Lipinski definition) is 1. The fourth-order valence-electron chi connectivity index (χ4n) is 0.876. The molecular formula is C6H4F3IN2O2S. The Hall–Kier alpha value is -0.420. The molecule has 0 unspecified atom stereocenters. The van der Waals surface area contributed by atoms with Gasteiger partial charge in [0, 0.05) is 0 Å². The molecule has 0 saturated carbocycles. The van der Waals surface area contributed by atoms with Crippen molar-refractivity contribution >= 4 is 32.6 Å². The van der Waals surface area contributed by atoms with E-state index >= 15 is 0 Å². The van der Waals surface area contributed by atoms with Gasteiger partial charge in [-0.05, 0) is 22.6 Å². The van der Waals surface area contributed by atoms with Crippen LogP contribution < -0.4 is 5.14 Å². The maximum Gasteiger partial charge on any atom is 0.281 e. The molecule has 4 nitrogen and oxygen atoms in total. The number of primary sulfonamides is 1. The molecule has 1 rings (SSSR count). The molecule has 0 aliphatic rings. The molecule has 2 N–H and O–H groups in total. The summed E-state index contributed by atoms with van der Waals surface area (Å²) in [5.74, 6) is -1.24. The Morgan fingerprint density at radius 1 is 1.47 bits per heavy atom. The largest absolute Gasteiger partial charge is 0.281 e. The molecule has 1 heterocycles. The molecule has 0 aliphatic carbocycles. The first-order valence-electron chi connectivity index (χ1n) is 3.40. The van der Waals surface area contributed by atoms with Gasteiger partial charge in [0.25, 0.3) is 6.43 Å². The molecule has 1 aromatic heterocycles. The second-order valence-electron chi connectivity index (χ2n) is 2.48. The lowest BCUT2D eigenvalue weighted by molar-refractivity contribution is 0.144. The monoisotopic (exact) mass is 352 g/mol. The first-order valence-corrected chi connectivity index (χ1v) is 6.02. The van der Waals surface area contributed by atoms with Crippen molar-refractivity contribution in [2.45, 2.75) is 11.3 Å². The van der Waals surface area contributed by atoms with Crippen LogP contribution >= 0.6 is 22.6 Å². The number of sulfonamides is 1. The van der Waals surface area contributed by atoms with Crippen LogP contribution in [0.25, 0.3) is 0 Å². The Bertz CT molecular complexity index is 491. The summed E-state index contributed by atoms with van der Waals surface area (Å²) in [7, 11) is -4.38. The third kappa shape index (κ3) is 2.58. The molecule has 15 heavy (non-hydrogen) atoms. The number of pyridine rings is 1. The number of alkyl halides is 2. The topological polar surface area (TPSA) is 73.1 Å². The molecule has 0 amide bonds. The average Bonchev–Trinajstić information content (AvgIpc) is 2.00. The van der Waals surface area contributed by atoms with Crippen LogP contribution in [0.2, 0.25) is 0 Å². The van der Waals surface area contributed by atoms with Crippen molar-refractivity contribution in [1.82, 2.24) is 4.98 Å². The van der Waals surface area contributed by atoms with Crippen molar-refractivity contribution < 1.29 is 21.6 Å². The highest BCUT2D eigenvalue weighted by Crippen LogP contribution is 2.28. The smallest absolute Gasteiger partial charge is 0.251 e. The number of halogens is 4. The molecule has 1 aromatic rings. The van der Waals surface area contributed by atoms with Crippen LogP contribution in [0.15, 0.2) is 11.1 Å². The molecule has 0 radical (unpaired) electrons. The fraction of sp³-hybridized carbons (Fsp3) is 0.167. The van der Waals surface area contributed by atoms with Gasteiger partial charge in [-0.2, -0.15) is 0 Å². The van der Waals surface area contributed by atoms with E-state index < -0.39 is 36.4 Å². The molecule has 0 atom stereocenters. The molecule has 84 valence electrons. The van der Waals surface area contributed by atoms with Gasteiger partial charge in [0.15, 0.2) is 5.82 Å². The van der Waals surface area contributed by atoms with Crippen LogP contribution in [-0.4, -0.2) is 13.4 Å². The van der Waals surface area contributed by atoms with Gasteiger partial charge >= 0.3 is 0 Å². The number of nitrogens with two attached hydrogens (primary N) is 1. The van der Waals surface area contributed by atoms with Crippen LogP contribution in [0.1, 0.15) is 12.1 Å². The predicted octanol–water partition coefficient (Wildman–Crippen LogP) is 1.41. The zero-order chi connectivity index (χ0) is 11.8. The highest BCUT2D eigenvalue weighted by atomic mass is 127. The fourth-order valence-corrected chi connectivity index (χ4v) is 3.11. The summed E-state index contributed by atoms with van der Waals surface area (Å²) >= 11 is 1.27. The highest BCUT2D eigenvalue weighted by molar-refractivity contribution is 14.1. The first kappa shape index (κ1) is 12.6. The van der Waals surface area contributed by atoms with E-state index in [0.29, 0.717) is 6.20 Å². The molecule has 0 aromatic carbocycles. The van der Waals surface area contributed by atoms with Crippen molar-refractivity contribution in [1.29, 1.82) is 0 Å². The Labute approximate surface area is 96.9 Å². The van der Waals surface area contributed by atoms with Crippen molar-refractivity contribution in [3.05, 3.63) is 21.3 Å². The zero-order valence-electron chi connectivity index (χ0n) is 6.92. The summed E-state index contributed by atoms with van der Waals surface area (Å²) in [6, 6.07) is 0. The predicted molar refractivity (Wildman–Crippen MR) is 53.2 cm³/mol. The molecule has 0 bridgehead atoms. The number of rotatable bonds is 2. The Morgan fingerprint density at radius 3 is 2.40 bits per heavy atom. The van der Waals surface area contributed by atoms with Gasteiger partial charge in [0.2, 0.25) is 10.0 Å². The van der Waals surface area contributed by atoms with Crippen molar-refractivity contribution in [2.75, 3.05) is 0 Å². The van der Waals surface area contributed by atoms with E-state index in [9.17, 15) is 21.6 Å². The summed E-state index contributed by atoms with van der Waals surface area (Å²) < 4.78 is 58.9. The standard InChI is InChI=1S/C6H4F3IN2O2S/c7-2-1-12-4(6(8)9)3(10)5(2)15(11,13)14/h1,6H,(H2,11,13,14). The highest BCUT2D eigenvalue weighted by Gasteiger charge is 2.25. The molecule has 9 heteroatoms. The minimum Gasteiger partial charge on any atom is -0.251 e. The van der Waals surface area contributed by atoms with Gasteiger partial charge in [-0.15, -0.1) is 0 Å². The lowest BCUT2D eigenvalue weighted by Crippen LogP contribution is -2.17. The van der Waals surface area contributed by atoms with E-state index in [1.807, 2.05) is 0 Å². The van der Waals surface area contributed by atoms with Gasteiger partial charge in [0.05, 0.1) is 9.77 Å². The van der Waals surface area contributed by atoms with Crippen LogP contribution in [0.5, 0.6) is 0 Å². The van der Waals surface area contributed by atoms with E-state index in [4.69, 9.17) is 0 Å². The minimum absolute atomic E-state index is 0.406. The summed E-state index contributed by atoms with van der Waals surface area (Å²) in [6.45, 7) is 0. The lowest BCUT2D eigenvalue weighted by Gasteiger charge is -2.07. The SMILES string of the molecule is NS(=O)(=O)c1c(F)cnc(C(F)F)c1I. The summed E-state index contributed by atoms with van der Waals surface area (Å²) in [6.07, 6.45) is -2.58. The third-order valence-corrected chi connectivity index (χ3v) is 3.88. The van der Waals surface area contributed by atoms with Gasteiger partial charge in [-0.25, -0.2) is 26.7 Å². The summed E-state index contributed by atoms with van der Waals surface area (Å²) in [5, 5.41) is 4.68. The molecule has 0 fully saturated rings. The van der Waals surface area contributed by atoms with Gasteiger partial charge in [-0.1, -0.05) is 0 Å². The van der Waals surface area contributed by atoms with Crippen LogP contribution in [0.3, 0.4) is 0 Å². The Morgan fingerprint density at radius 2 is 2.00 bits per heavy atom. The third-order valence-electron chi connectivity index (χ3n) is 1.45. The van der Waals surface area contributed by atoms with E-state index in [0.717, 1.165) is 0 Å². The van der Waals surface area contributed by atoms with Gasteiger partial charge in [-0.3, -0.25) is 4.98 Å². The molecular weight excluding hydrogens is 348 g/mol. The summed E-state index contributed by atoms with van der Waals surface area (Å²) in [4.78, 5) is 2.15. The van der Waals surface area contributed by atoms with E-state index in [-0.39, 0.29) is 0 Å². The number of hydrogen-bond acceptors (Lipinski definition) is 3. The van der Waals surface area contributed by atoms with Crippen molar-refractivity contribution in [3.8, 4) is 0 Å². The Kier molecular flexibility index (Phi) is 3.55. The zero-order valence-corrected chi connectivity index (χ0v) is 9.89. The molecule has 0 spiro atoms. The van der Waals surface area contributed by atoms with Crippen molar-refractivity contribution in [2.24, 2.45) is 5.14 Å². The van der Waals surface area contributed by atoms with E-state index in [1.165, 1.54) is 22.6 Å². The average molecular weight is 352 g/mol. The second-order valence-corrected chi connectivity index (χ2v) is 5.06. The Balaban J connectivity index is 3.59. The summed E-state index contributed by atoms with van der Waals surface area (Å²) in [5.41, 5.74) is -0.805. The van der Waals surface area contributed by atoms with Gasteiger partial charge < -0.3 is 0 Å². The van der Waals surface area contributed by atoms with E-state index in [2.05, 4.69) is 10.1 Å². The number of nitrogens with zero attached hydrogens (tertiary/aromatic N) is 1. The van der Waals surface area contributed by atoms with Gasteiger partial charge in [0.1, 0.15) is 10.6 Å².